The molecular formula is C14H14O2. The molecule has 1 aromatic heterocycles. The Hall–Kier alpha value is -1.83. The Morgan fingerprint density at radius 2 is 2.06 bits per heavy atom. The third-order valence-corrected chi connectivity index (χ3v) is 2.65. The summed E-state index contributed by atoms with van der Waals surface area (Å²) in [6.07, 6.45) is 1.93. The molecule has 0 aliphatic rings. The van der Waals surface area contributed by atoms with Crippen molar-refractivity contribution >= 4 is 5.78 Å². The fraction of sp³-hybridized carbons (Fsp3) is 0.214. The molecule has 0 amide bonds. The SMILES string of the molecule is Cc1ccc(C)c(CC(=O)c2ccco2)c1. The smallest absolute Gasteiger partial charge is 0.202 e. The van der Waals surface area contributed by atoms with E-state index in [0.29, 0.717) is 12.2 Å². The zero-order valence-electron chi connectivity index (χ0n) is 9.49. The molecule has 1 heterocycles. The summed E-state index contributed by atoms with van der Waals surface area (Å²) in [4.78, 5) is 11.8. The zero-order chi connectivity index (χ0) is 11.5. The number of furan rings is 1. The Kier molecular flexibility index (Phi) is 2.91. The third-order valence-electron chi connectivity index (χ3n) is 2.65. The second kappa shape index (κ2) is 4.35. The van der Waals surface area contributed by atoms with Crippen molar-refractivity contribution < 1.29 is 9.21 Å². The summed E-state index contributed by atoms with van der Waals surface area (Å²) in [5.74, 6) is 0.458. The molecule has 16 heavy (non-hydrogen) atoms. The minimum Gasteiger partial charge on any atom is -0.461 e. The van der Waals surface area contributed by atoms with Gasteiger partial charge in [0.2, 0.25) is 5.78 Å². The van der Waals surface area contributed by atoms with Crippen LogP contribution in [0.25, 0.3) is 0 Å². The molecule has 2 heteroatoms. The second-order valence-electron chi connectivity index (χ2n) is 4.01. The van der Waals surface area contributed by atoms with Gasteiger partial charge in [-0.25, -0.2) is 0 Å². The molecule has 0 aliphatic heterocycles. The zero-order valence-corrected chi connectivity index (χ0v) is 9.49. The van der Waals surface area contributed by atoms with E-state index in [9.17, 15) is 4.79 Å². The van der Waals surface area contributed by atoms with Crippen molar-refractivity contribution in [1.82, 2.24) is 0 Å². The molecule has 0 N–H and O–H groups in total. The predicted molar refractivity (Wildman–Crippen MR) is 62.7 cm³/mol. The Bertz CT molecular complexity index is 495. The van der Waals surface area contributed by atoms with Gasteiger partial charge in [0.25, 0.3) is 0 Å². The molecule has 2 rings (SSSR count). The van der Waals surface area contributed by atoms with Crippen molar-refractivity contribution in [1.29, 1.82) is 0 Å². The van der Waals surface area contributed by atoms with Crippen LogP contribution in [0, 0.1) is 13.8 Å². The van der Waals surface area contributed by atoms with E-state index in [1.807, 2.05) is 19.9 Å². The Labute approximate surface area is 94.9 Å². The molecule has 0 spiro atoms. The van der Waals surface area contributed by atoms with Crippen molar-refractivity contribution in [2.45, 2.75) is 20.3 Å². The van der Waals surface area contributed by atoms with Gasteiger partial charge >= 0.3 is 0 Å². The van der Waals surface area contributed by atoms with Gasteiger partial charge in [0.15, 0.2) is 5.76 Å². The molecule has 0 radical (unpaired) electrons. The van der Waals surface area contributed by atoms with E-state index < -0.39 is 0 Å². The molecule has 0 saturated heterocycles. The van der Waals surface area contributed by atoms with Crippen LogP contribution in [-0.4, -0.2) is 5.78 Å². The molecular weight excluding hydrogens is 200 g/mol. The lowest BCUT2D eigenvalue weighted by Crippen LogP contribution is -2.03. The minimum absolute atomic E-state index is 0.0266. The lowest BCUT2D eigenvalue weighted by Gasteiger charge is -2.05. The maximum atomic E-state index is 11.8. The number of hydrogen-bond donors (Lipinski definition) is 0. The maximum absolute atomic E-state index is 11.8. The van der Waals surface area contributed by atoms with Crippen molar-refractivity contribution in [2.75, 3.05) is 0 Å². The van der Waals surface area contributed by atoms with Crippen molar-refractivity contribution in [2.24, 2.45) is 0 Å². The summed E-state index contributed by atoms with van der Waals surface area (Å²) in [6, 6.07) is 9.58. The average molecular weight is 214 g/mol. The van der Waals surface area contributed by atoms with Gasteiger partial charge in [-0.05, 0) is 37.1 Å². The van der Waals surface area contributed by atoms with Crippen LogP contribution in [0.4, 0.5) is 0 Å². The number of carbonyl (C=O) groups is 1. The summed E-state index contributed by atoms with van der Waals surface area (Å²) >= 11 is 0. The summed E-state index contributed by atoms with van der Waals surface area (Å²) < 4.78 is 5.09. The highest BCUT2D eigenvalue weighted by Crippen LogP contribution is 2.14. The van der Waals surface area contributed by atoms with Gasteiger partial charge < -0.3 is 4.42 Å². The van der Waals surface area contributed by atoms with E-state index in [0.717, 1.165) is 11.1 Å². The maximum Gasteiger partial charge on any atom is 0.202 e. The fourth-order valence-electron chi connectivity index (χ4n) is 1.69. The molecule has 2 nitrogen and oxygen atoms in total. The highest BCUT2D eigenvalue weighted by molar-refractivity contribution is 5.95. The monoisotopic (exact) mass is 214 g/mol. The van der Waals surface area contributed by atoms with Crippen molar-refractivity contribution in [3.05, 3.63) is 59.0 Å². The first-order valence-corrected chi connectivity index (χ1v) is 5.29. The number of benzene rings is 1. The highest BCUT2D eigenvalue weighted by atomic mass is 16.3. The van der Waals surface area contributed by atoms with E-state index in [2.05, 4.69) is 12.1 Å². The van der Waals surface area contributed by atoms with E-state index in [-0.39, 0.29) is 5.78 Å². The summed E-state index contributed by atoms with van der Waals surface area (Å²) in [7, 11) is 0. The van der Waals surface area contributed by atoms with Crippen LogP contribution in [0.5, 0.6) is 0 Å². The van der Waals surface area contributed by atoms with Crippen LogP contribution >= 0.6 is 0 Å². The molecule has 82 valence electrons. The lowest BCUT2D eigenvalue weighted by atomic mass is 10.0. The quantitative estimate of drug-likeness (QED) is 0.734. The van der Waals surface area contributed by atoms with Crippen molar-refractivity contribution in [3.8, 4) is 0 Å². The van der Waals surface area contributed by atoms with E-state index in [1.54, 1.807) is 12.1 Å². The molecule has 0 atom stereocenters. The number of hydrogen-bond acceptors (Lipinski definition) is 2. The molecule has 0 bridgehead atoms. The number of carbonyl (C=O) groups excluding carboxylic acids is 1. The van der Waals surface area contributed by atoms with Gasteiger partial charge in [0, 0.05) is 6.42 Å². The molecule has 0 fully saturated rings. The van der Waals surface area contributed by atoms with Crippen LogP contribution in [0.1, 0.15) is 27.2 Å². The average Bonchev–Trinajstić information content (AvgIpc) is 2.76. The molecule has 0 saturated carbocycles. The van der Waals surface area contributed by atoms with Gasteiger partial charge in [-0.3, -0.25) is 4.79 Å². The van der Waals surface area contributed by atoms with Crippen LogP contribution in [0.15, 0.2) is 41.0 Å². The lowest BCUT2D eigenvalue weighted by molar-refractivity contribution is 0.0966. The van der Waals surface area contributed by atoms with Crippen LogP contribution in [0.2, 0.25) is 0 Å². The van der Waals surface area contributed by atoms with Crippen LogP contribution < -0.4 is 0 Å². The minimum atomic E-state index is 0.0266. The Morgan fingerprint density at radius 3 is 2.75 bits per heavy atom. The van der Waals surface area contributed by atoms with Crippen LogP contribution in [0.3, 0.4) is 0 Å². The van der Waals surface area contributed by atoms with Gasteiger partial charge in [-0.2, -0.15) is 0 Å². The van der Waals surface area contributed by atoms with Gasteiger partial charge in [-0.1, -0.05) is 23.8 Å². The largest absolute Gasteiger partial charge is 0.461 e. The number of aryl methyl sites for hydroxylation is 2. The topological polar surface area (TPSA) is 30.2 Å². The molecule has 2 aromatic rings. The first-order valence-electron chi connectivity index (χ1n) is 5.29. The van der Waals surface area contributed by atoms with Gasteiger partial charge in [0.1, 0.15) is 0 Å². The third kappa shape index (κ3) is 2.22. The standard InChI is InChI=1S/C14H14O2/c1-10-5-6-11(2)12(8-10)9-13(15)14-4-3-7-16-14/h3-8H,9H2,1-2H3. The molecule has 1 aromatic carbocycles. The first kappa shape index (κ1) is 10.7. The predicted octanol–water partition coefficient (Wildman–Crippen LogP) is 3.32. The van der Waals surface area contributed by atoms with Crippen molar-refractivity contribution in [3.63, 3.8) is 0 Å². The van der Waals surface area contributed by atoms with Gasteiger partial charge in [0.05, 0.1) is 6.26 Å². The fourth-order valence-corrected chi connectivity index (χ4v) is 1.69. The Balaban J connectivity index is 2.21. The normalized spacial score (nSPS) is 10.4. The van der Waals surface area contributed by atoms with Gasteiger partial charge in [-0.15, -0.1) is 0 Å². The summed E-state index contributed by atoms with van der Waals surface area (Å²) in [5, 5.41) is 0. The number of Topliss-reactive ketones (excluding diaryl/α,β-unsaturated/α-hetero) is 1. The summed E-state index contributed by atoms with van der Waals surface area (Å²) in [6.45, 7) is 4.05. The van der Waals surface area contributed by atoms with E-state index in [4.69, 9.17) is 4.42 Å². The van der Waals surface area contributed by atoms with Crippen LogP contribution in [-0.2, 0) is 6.42 Å². The molecule has 0 unspecified atom stereocenters. The van der Waals surface area contributed by atoms with E-state index >= 15 is 0 Å². The first-order chi connectivity index (χ1) is 7.66. The number of ketones is 1. The Morgan fingerprint density at radius 1 is 1.25 bits per heavy atom. The highest BCUT2D eigenvalue weighted by Gasteiger charge is 2.11. The second-order valence-corrected chi connectivity index (χ2v) is 4.01. The summed E-state index contributed by atoms with van der Waals surface area (Å²) in [5.41, 5.74) is 3.39. The molecule has 0 aliphatic carbocycles. The number of rotatable bonds is 3. The van der Waals surface area contributed by atoms with E-state index in [1.165, 1.54) is 11.8 Å².